The number of hydrogen-bond acceptors (Lipinski definition) is 1. The summed E-state index contributed by atoms with van der Waals surface area (Å²) in [5.74, 6) is 3.30. The highest BCUT2D eigenvalue weighted by Crippen LogP contribution is 2.70. The molecular weight excluding hydrogens is 771 g/mol. The predicted octanol–water partition coefficient (Wildman–Crippen LogP) is 15.6. The van der Waals surface area contributed by atoms with E-state index in [0.717, 1.165) is 42.9 Å². The van der Waals surface area contributed by atoms with Gasteiger partial charge in [-0.3, -0.25) is 0 Å². The Morgan fingerprint density at radius 3 is 1.83 bits per heavy atom. The molecule has 0 aromatic heterocycles. The first-order valence-electron chi connectivity index (χ1n) is 24.3. The second-order valence-electron chi connectivity index (χ2n) is 20.2. The molecular formula is C63H53N. The van der Waals surface area contributed by atoms with Crippen LogP contribution in [-0.2, 0) is 30.1 Å². The van der Waals surface area contributed by atoms with Crippen LogP contribution in [0.4, 0.5) is 17.1 Å². The lowest BCUT2D eigenvalue weighted by molar-refractivity contribution is -0.0399. The van der Waals surface area contributed by atoms with Gasteiger partial charge in [0.2, 0.25) is 0 Å². The fraction of sp³-hybridized carbons (Fsp3) is 0.238. The first-order chi connectivity index (χ1) is 31.7. The predicted molar refractivity (Wildman–Crippen MR) is 264 cm³/mol. The minimum atomic E-state index is -0.454. The maximum atomic E-state index is 2.64. The number of aryl methyl sites for hydroxylation is 3. The van der Waals surface area contributed by atoms with Crippen LogP contribution in [0.1, 0.15) is 89.1 Å². The molecule has 15 rings (SSSR count). The van der Waals surface area contributed by atoms with Gasteiger partial charge < -0.3 is 4.90 Å². The number of fused-ring (bicyclic) bond motifs is 12. The maximum Gasteiger partial charge on any atom is 0.0719 e. The number of rotatable bonds is 5. The molecule has 8 aromatic carbocycles. The largest absolute Gasteiger partial charge is 0.309 e. The highest BCUT2D eigenvalue weighted by molar-refractivity contribution is 6.00. The molecule has 4 fully saturated rings. The summed E-state index contributed by atoms with van der Waals surface area (Å²) in [7, 11) is 0. The number of nitrogens with zero attached hydrogens (tertiary/aromatic N) is 1. The summed E-state index contributed by atoms with van der Waals surface area (Å²) in [6, 6.07) is 70.9. The van der Waals surface area contributed by atoms with Crippen molar-refractivity contribution in [2.75, 3.05) is 4.90 Å². The molecule has 2 spiro atoms. The van der Waals surface area contributed by atoms with Crippen LogP contribution < -0.4 is 4.90 Å². The molecule has 4 saturated carbocycles. The van der Waals surface area contributed by atoms with Crippen LogP contribution in [0, 0.1) is 23.7 Å². The molecule has 7 aliphatic rings. The molecule has 0 N–H and O–H groups in total. The van der Waals surface area contributed by atoms with Gasteiger partial charge in [0.1, 0.15) is 0 Å². The zero-order chi connectivity index (χ0) is 42.1. The Morgan fingerprint density at radius 2 is 1.03 bits per heavy atom. The summed E-state index contributed by atoms with van der Waals surface area (Å²) < 4.78 is 0. The number of anilines is 3. The Balaban J connectivity index is 1.06. The molecule has 1 unspecified atom stereocenters. The SMILES string of the molecule is CCc1ccc2c(c1)CCc1ccccc1C21c2ccccc2-c2c(N(c3ccc4c(c3)-c3ccccc3C43C4CC5CC(C4)CC3C5)c3ccccc3-c3ccccc3)cccc21. The lowest BCUT2D eigenvalue weighted by Crippen LogP contribution is -2.55. The smallest absolute Gasteiger partial charge is 0.0719 e. The monoisotopic (exact) mass is 823 g/mol. The quantitative estimate of drug-likeness (QED) is 0.167. The van der Waals surface area contributed by atoms with Crippen LogP contribution >= 0.6 is 0 Å². The average molecular weight is 824 g/mol. The van der Waals surface area contributed by atoms with Gasteiger partial charge in [-0.25, -0.2) is 0 Å². The third-order valence-corrected chi connectivity index (χ3v) is 17.4. The van der Waals surface area contributed by atoms with E-state index in [4.69, 9.17) is 0 Å². The summed E-state index contributed by atoms with van der Waals surface area (Å²) in [4.78, 5) is 2.64. The molecule has 0 heterocycles. The van der Waals surface area contributed by atoms with Crippen LogP contribution in [0.15, 0.2) is 182 Å². The molecule has 8 aromatic rings. The van der Waals surface area contributed by atoms with E-state index in [1.165, 1.54) is 121 Å². The molecule has 0 amide bonds. The van der Waals surface area contributed by atoms with E-state index >= 15 is 0 Å². The van der Waals surface area contributed by atoms with E-state index in [2.05, 4.69) is 194 Å². The van der Waals surface area contributed by atoms with E-state index in [1.54, 1.807) is 11.1 Å². The molecule has 0 aliphatic heterocycles. The molecule has 7 aliphatic carbocycles. The molecule has 4 bridgehead atoms. The number of benzene rings is 8. The van der Waals surface area contributed by atoms with Crippen molar-refractivity contribution in [1.29, 1.82) is 0 Å². The van der Waals surface area contributed by atoms with Gasteiger partial charge in [0.15, 0.2) is 0 Å². The van der Waals surface area contributed by atoms with Crippen molar-refractivity contribution in [2.24, 2.45) is 23.7 Å². The zero-order valence-corrected chi connectivity index (χ0v) is 36.7. The van der Waals surface area contributed by atoms with E-state index < -0.39 is 5.41 Å². The summed E-state index contributed by atoms with van der Waals surface area (Å²) in [5, 5.41) is 0. The van der Waals surface area contributed by atoms with E-state index in [9.17, 15) is 0 Å². The summed E-state index contributed by atoms with van der Waals surface area (Å²) >= 11 is 0. The van der Waals surface area contributed by atoms with Crippen molar-refractivity contribution in [3.8, 4) is 33.4 Å². The van der Waals surface area contributed by atoms with Gasteiger partial charge in [0.25, 0.3) is 0 Å². The van der Waals surface area contributed by atoms with Crippen LogP contribution in [0.2, 0.25) is 0 Å². The number of hydrogen-bond donors (Lipinski definition) is 0. The first kappa shape index (κ1) is 37.0. The molecule has 1 nitrogen and oxygen atoms in total. The fourth-order valence-electron chi connectivity index (χ4n) is 15.3. The van der Waals surface area contributed by atoms with Crippen molar-refractivity contribution in [3.63, 3.8) is 0 Å². The van der Waals surface area contributed by atoms with Gasteiger partial charge in [0, 0.05) is 22.2 Å². The van der Waals surface area contributed by atoms with Crippen LogP contribution in [0.3, 0.4) is 0 Å². The van der Waals surface area contributed by atoms with Gasteiger partial charge in [-0.15, -0.1) is 0 Å². The first-order valence-corrected chi connectivity index (χ1v) is 24.3. The second-order valence-corrected chi connectivity index (χ2v) is 20.2. The van der Waals surface area contributed by atoms with Crippen LogP contribution in [0.5, 0.6) is 0 Å². The number of para-hydroxylation sites is 1. The lowest BCUT2D eigenvalue weighted by Gasteiger charge is -2.61. The van der Waals surface area contributed by atoms with Crippen LogP contribution in [-0.4, -0.2) is 0 Å². The summed E-state index contributed by atoms with van der Waals surface area (Å²) in [6.07, 6.45) is 10.1. The topological polar surface area (TPSA) is 3.24 Å². The van der Waals surface area contributed by atoms with Crippen molar-refractivity contribution in [3.05, 3.63) is 232 Å². The van der Waals surface area contributed by atoms with E-state index in [-0.39, 0.29) is 5.41 Å². The van der Waals surface area contributed by atoms with Crippen molar-refractivity contribution in [1.82, 2.24) is 0 Å². The fourth-order valence-corrected chi connectivity index (χ4v) is 15.3. The Morgan fingerprint density at radius 1 is 0.438 bits per heavy atom. The van der Waals surface area contributed by atoms with Gasteiger partial charge in [-0.1, -0.05) is 165 Å². The minimum Gasteiger partial charge on any atom is -0.309 e. The van der Waals surface area contributed by atoms with E-state index in [0.29, 0.717) is 0 Å². The third kappa shape index (κ3) is 4.86. The summed E-state index contributed by atoms with van der Waals surface area (Å²) in [6.45, 7) is 2.29. The van der Waals surface area contributed by atoms with Gasteiger partial charge in [-0.2, -0.15) is 0 Å². The molecule has 1 heteroatoms. The molecule has 0 saturated heterocycles. The van der Waals surface area contributed by atoms with Gasteiger partial charge in [0.05, 0.1) is 16.8 Å². The van der Waals surface area contributed by atoms with Crippen LogP contribution in [0.25, 0.3) is 33.4 Å². The Kier molecular flexibility index (Phi) is 7.96. The third-order valence-electron chi connectivity index (χ3n) is 17.4. The highest BCUT2D eigenvalue weighted by atomic mass is 15.1. The Labute approximate surface area is 378 Å². The standard InChI is InChI=1S/C63H53N/c1-2-40-27-31-54-45(34-40)29-28-44-17-6-10-21-53(44)63(54)56-23-12-8-20-51(56)61-58(63)24-14-26-60(61)64(59-25-13-9-18-49(59)43-15-4-3-5-16-43)48-30-32-57-52(39-48)50-19-7-11-22-55(50)62(57)46-35-41-33-42(37-46)38-47(62)36-41/h3-27,30-32,34,39,41-42,46-47H,2,28-29,33,35-38H2,1H3. The van der Waals surface area contributed by atoms with Crippen molar-refractivity contribution >= 4 is 17.1 Å². The molecule has 64 heavy (non-hydrogen) atoms. The second kappa shape index (κ2) is 13.8. The van der Waals surface area contributed by atoms with Gasteiger partial charge >= 0.3 is 0 Å². The zero-order valence-electron chi connectivity index (χ0n) is 36.7. The molecule has 0 radical (unpaired) electrons. The van der Waals surface area contributed by atoms with Crippen molar-refractivity contribution in [2.45, 2.75) is 69.1 Å². The summed E-state index contributed by atoms with van der Waals surface area (Å²) in [5.41, 5.74) is 24.5. The van der Waals surface area contributed by atoms with Gasteiger partial charge in [-0.05, 0) is 172 Å². The van der Waals surface area contributed by atoms with Crippen molar-refractivity contribution < 1.29 is 0 Å². The molecule has 1 atom stereocenters. The lowest BCUT2D eigenvalue weighted by atomic mass is 9.43. The Bertz CT molecular complexity index is 3160. The highest BCUT2D eigenvalue weighted by Gasteiger charge is 2.61. The average Bonchev–Trinajstić information content (AvgIpc) is 3.75. The van der Waals surface area contributed by atoms with E-state index in [1.807, 2.05) is 0 Å². The Hall–Kier alpha value is -6.44. The maximum absolute atomic E-state index is 2.64. The normalized spacial score (nSPS) is 24.7. The molecule has 310 valence electrons. The minimum absolute atomic E-state index is 0.127.